The number of para-hydroxylation sites is 1. The van der Waals surface area contributed by atoms with Gasteiger partial charge in [-0.05, 0) is 31.2 Å². The van der Waals surface area contributed by atoms with Gasteiger partial charge < -0.3 is 0 Å². The normalized spacial score (nSPS) is 11.4. The maximum Gasteiger partial charge on any atom is 0.273 e. The number of nitro benzene ring substituents is 1. The number of nitrogens with one attached hydrogen (secondary N) is 1. The summed E-state index contributed by atoms with van der Waals surface area (Å²) in [5.41, 5.74) is 1.83. The van der Waals surface area contributed by atoms with Gasteiger partial charge in [0.2, 0.25) is 10.0 Å². The van der Waals surface area contributed by atoms with Gasteiger partial charge in [0.15, 0.2) is 0 Å². The molecule has 140 valence electrons. The summed E-state index contributed by atoms with van der Waals surface area (Å²) < 4.78 is 28.9. The summed E-state index contributed by atoms with van der Waals surface area (Å²) in [4.78, 5) is 10.3. The molecule has 0 saturated carbocycles. The summed E-state index contributed by atoms with van der Waals surface area (Å²) in [6.45, 7) is 1.70. The van der Waals surface area contributed by atoms with Gasteiger partial charge in [0.25, 0.3) is 5.69 Å². The molecule has 27 heavy (non-hydrogen) atoms. The Kier molecular flexibility index (Phi) is 5.33. The van der Waals surface area contributed by atoms with Crippen LogP contribution in [0.1, 0.15) is 11.3 Å². The molecule has 0 fully saturated rings. The molecular formula is C18H18N4O4S. The molecule has 0 saturated heterocycles. The van der Waals surface area contributed by atoms with E-state index >= 15 is 0 Å². The molecule has 0 aliphatic carbocycles. The summed E-state index contributed by atoms with van der Waals surface area (Å²) in [6.07, 6.45) is 2.20. The van der Waals surface area contributed by atoms with Crippen molar-refractivity contribution in [1.82, 2.24) is 14.5 Å². The van der Waals surface area contributed by atoms with Crippen molar-refractivity contribution in [2.45, 2.75) is 18.2 Å². The van der Waals surface area contributed by atoms with Gasteiger partial charge in [-0.25, -0.2) is 17.8 Å². The fraction of sp³-hybridized carbons (Fsp3) is 0.167. The monoisotopic (exact) mass is 386 g/mol. The van der Waals surface area contributed by atoms with Crippen molar-refractivity contribution >= 4 is 15.7 Å². The van der Waals surface area contributed by atoms with Crippen LogP contribution in [0.25, 0.3) is 5.69 Å². The molecule has 0 aliphatic heterocycles. The van der Waals surface area contributed by atoms with Crippen LogP contribution in [0, 0.1) is 17.0 Å². The summed E-state index contributed by atoms with van der Waals surface area (Å²) in [7, 11) is -3.84. The number of nitrogens with zero attached hydrogens (tertiary/aromatic N) is 3. The van der Waals surface area contributed by atoms with Crippen molar-refractivity contribution in [3.8, 4) is 5.69 Å². The minimum absolute atomic E-state index is 0.130. The molecule has 1 heterocycles. The lowest BCUT2D eigenvalue weighted by Crippen LogP contribution is -2.26. The topological polar surface area (TPSA) is 107 Å². The van der Waals surface area contributed by atoms with Crippen molar-refractivity contribution in [3.05, 3.63) is 82.2 Å². The maximum absolute atomic E-state index is 12.4. The molecule has 0 unspecified atom stereocenters. The highest BCUT2D eigenvalue weighted by atomic mass is 32.2. The van der Waals surface area contributed by atoms with E-state index in [-0.39, 0.29) is 17.1 Å². The molecule has 0 amide bonds. The van der Waals surface area contributed by atoms with Gasteiger partial charge in [-0.15, -0.1) is 0 Å². The second kappa shape index (κ2) is 7.68. The van der Waals surface area contributed by atoms with Gasteiger partial charge >= 0.3 is 0 Å². The summed E-state index contributed by atoms with van der Waals surface area (Å²) in [5.74, 6) is 0. The molecule has 1 aromatic heterocycles. The van der Waals surface area contributed by atoms with Crippen LogP contribution in [-0.4, -0.2) is 29.7 Å². The molecule has 9 heteroatoms. The minimum atomic E-state index is -3.84. The number of sulfonamides is 1. The average Bonchev–Trinajstić information content (AvgIpc) is 3.11. The van der Waals surface area contributed by atoms with Gasteiger partial charge in [0.1, 0.15) is 0 Å². The van der Waals surface area contributed by atoms with Crippen molar-refractivity contribution < 1.29 is 13.3 Å². The zero-order valence-corrected chi connectivity index (χ0v) is 15.4. The van der Waals surface area contributed by atoms with Crippen molar-refractivity contribution in [2.75, 3.05) is 6.54 Å². The minimum Gasteiger partial charge on any atom is -0.258 e. The lowest BCUT2D eigenvalue weighted by molar-refractivity contribution is -0.385. The number of hydrogen-bond donors (Lipinski definition) is 1. The first-order valence-corrected chi connectivity index (χ1v) is 9.70. The third-order valence-electron chi connectivity index (χ3n) is 4.03. The molecule has 0 aliphatic rings. The van der Waals surface area contributed by atoms with Crippen molar-refractivity contribution in [2.24, 2.45) is 0 Å². The van der Waals surface area contributed by atoms with E-state index < -0.39 is 14.9 Å². The molecule has 1 N–H and O–H groups in total. The number of aryl methyl sites for hydroxylation is 1. The molecule has 3 rings (SSSR count). The quantitative estimate of drug-likeness (QED) is 0.496. The Morgan fingerprint density at radius 2 is 1.89 bits per heavy atom. The van der Waals surface area contributed by atoms with Gasteiger partial charge in [0.05, 0.1) is 21.2 Å². The SMILES string of the molecule is Cc1ccc(S(=O)(=O)NCCc2ccn(-c3ccccc3)n2)cc1[N+](=O)[O-]. The molecule has 0 bridgehead atoms. The first kappa shape index (κ1) is 18.7. The van der Waals surface area contributed by atoms with Crippen LogP contribution in [0.4, 0.5) is 5.69 Å². The lowest BCUT2D eigenvalue weighted by Gasteiger charge is -2.07. The van der Waals surface area contributed by atoms with Crippen LogP contribution in [0.15, 0.2) is 65.7 Å². The number of hydrogen-bond acceptors (Lipinski definition) is 5. The summed E-state index contributed by atoms with van der Waals surface area (Å²) >= 11 is 0. The second-order valence-electron chi connectivity index (χ2n) is 5.94. The van der Waals surface area contributed by atoms with Gasteiger partial charge in [-0.1, -0.05) is 24.3 Å². The Bertz CT molecular complexity index is 1060. The van der Waals surface area contributed by atoms with Crippen LogP contribution in [0.5, 0.6) is 0 Å². The van der Waals surface area contributed by atoms with Gasteiger partial charge in [-0.2, -0.15) is 5.10 Å². The van der Waals surface area contributed by atoms with E-state index in [9.17, 15) is 18.5 Å². The van der Waals surface area contributed by atoms with Gasteiger partial charge in [0, 0.05) is 30.8 Å². The number of benzene rings is 2. The van der Waals surface area contributed by atoms with E-state index in [0.29, 0.717) is 12.0 Å². The predicted octanol–water partition coefficient (Wildman–Crippen LogP) is 2.61. The van der Waals surface area contributed by atoms with E-state index in [4.69, 9.17) is 0 Å². The van der Waals surface area contributed by atoms with Crippen LogP contribution in [0.3, 0.4) is 0 Å². The Morgan fingerprint density at radius 3 is 2.59 bits per heavy atom. The van der Waals surface area contributed by atoms with Crippen molar-refractivity contribution in [1.29, 1.82) is 0 Å². The largest absolute Gasteiger partial charge is 0.273 e. The smallest absolute Gasteiger partial charge is 0.258 e. The van der Waals surface area contributed by atoms with E-state index in [1.807, 2.05) is 42.6 Å². The Labute approximate surface area is 156 Å². The Hall–Kier alpha value is -3.04. The first-order chi connectivity index (χ1) is 12.9. The molecular weight excluding hydrogens is 368 g/mol. The van der Waals surface area contributed by atoms with Crippen LogP contribution < -0.4 is 4.72 Å². The van der Waals surface area contributed by atoms with Crippen LogP contribution >= 0.6 is 0 Å². The van der Waals surface area contributed by atoms with Crippen LogP contribution in [0.2, 0.25) is 0 Å². The molecule has 0 atom stereocenters. The third-order valence-corrected chi connectivity index (χ3v) is 5.48. The van der Waals surface area contributed by atoms with Gasteiger partial charge in [-0.3, -0.25) is 10.1 Å². The van der Waals surface area contributed by atoms with Crippen LogP contribution in [-0.2, 0) is 16.4 Å². The molecule has 0 spiro atoms. The molecule has 2 aromatic carbocycles. The fourth-order valence-electron chi connectivity index (χ4n) is 2.57. The van der Waals surface area contributed by atoms with E-state index in [1.54, 1.807) is 11.6 Å². The number of rotatable bonds is 7. The summed E-state index contributed by atoms with van der Waals surface area (Å²) in [5, 5.41) is 15.4. The second-order valence-corrected chi connectivity index (χ2v) is 7.71. The summed E-state index contributed by atoms with van der Waals surface area (Å²) in [6, 6.07) is 15.2. The fourth-order valence-corrected chi connectivity index (χ4v) is 3.62. The predicted molar refractivity (Wildman–Crippen MR) is 100 cm³/mol. The first-order valence-electron chi connectivity index (χ1n) is 8.21. The standard InChI is InChI=1S/C18H18N4O4S/c1-14-7-8-17(13-18(14)22(23)24)27(25,26)19-11-9-15-10-12-21(20-15)16-5-3-2-4-6-16/h2-8,10,12-13,19H,9,11H2,1H3. The molecule has 8 nitrogen and oxygen atoms in total. The lowest BCUT2D eigenvalue weighted by atomic mass is 10.2. The van der Waals surface area contributed by atoms with E-state index in [0.717, 1.165) is 17.4 Å². The average molecular weight is 386 g/mol. The van der Waals surface area contributed by atoms with Crippen molar-refractivity contribution in [3.63, 3.8) is 0 Å². The highest BCUT2D eigenvalue weighted by Crippen LogP contribution is 2.22. The zero-order valence-electron chi connectivity index (χ0n) is 14.6. The Morgan fingerprint density at radius 1 is 1.15 bits per heavy atom. The Balaban J connectivity index is 1.66. The van der Waals surface area contributed by atoms with E-state index in [1.165, 1.54) is 12.1 Å². The maximum atomic E-state index is 12.4. The molecule has 0 radical (unpaired) electrons. The highest BCUT2D eigenvalue weighted by molar-refractivity contribution is 7.89. The highest BCUT2D eigenvalue weighted by Gasteiger charge is 2.19. The third kappa shape index (κ3) is 4.39. The number of aromatic nitrogens is 2. The zero-order chi connectivity index (χ0) is 19.4. The molecule has 3 aromatic rings. The van der Waals surface area contributed by atoms with E-state index in [2.05, 4.69) is 9.82 Å². The number of nitro groups is 1.